The van der Waals surface area contributed by atoms with E-state index in [1.54, 1.807) is 42.2 Å². The van der Waals surface area contributed by atoms with Crippen molar-refractivity contribution in [2.24, 2.45) is 0 Å². The van der Waals surface area contributed by atoms with Crippen molar-refractivity contribution in [3.8, 4) is 0 Å². The summed E-state index contributed by atoms with van der Waals surface area (Å²) in [7, 11) is 0. The van der Waals surface area contributed by atoms with Crippen LogP contribution in [0.3, 0.4) is 0 Å². The molecule has 1 saturated heterocycles. The molecule has 1 aliphatic rings. The van der Waals surface area contributed by atoms with Crippen LogP contribution in [0.25, 0.3) is 16.7 Å². The number of halogens is 1. The number of imidazole rings is 1. The number of aromatic nitrogens is 4. The molecule has 0 aliphatic carbocycles. The Morgan fingerprint density at radius 2 is 1.77 bits per heavy atom. The maximum absolute atomic E-state index is 14.5. The summed E-state index contributed by atoms with van der Waals surface area (Å²) in [4.78, 5) is 31.4. The topological polar surface area (TPSA) is 78.7 Å². The Bertz CT molecular complexity index is 1400. The van der Waals surface area contributed by atoms with Gasteiger partial charge in [0.1, 0.15) is 11.0 Å². The summed E-state index contributed by atoms with van der Waals surface area (Å²) in [5.41, 5.74) is 3.82. The summed E-state index contributed by atoms with van der Waals surface area (Å²) < 4.78 is 16.1. The average Bonchev–Trinajstić information content (AvgIpc) is 3.18. The molecule has 1 aromatic carbocycles. The SMILES string of the molecule is Cc1cn2cc(NC(=O)c3ccc(N4CC(C)N(C(C)C)C(C)C4)c4nccnc34)cc(F)c2n1. The third-order valence-corrected chi connectivity index (χ3v) is 6.66. The average molecular weight is 476 g/mol. The summed E-state index contributed by atoms with van der Waals surface area (Å²) in [6, 6.07) is 6.23. The Hall–Kier alpha value is -3.59. The molecule has 1 amide bonds. The number of piperazine rings is 1. The van der Waals surface area contributed by atoms with E-state index in [0.717, 1.165) is 18.8 Å². The van der Waals surface area contributed by atoms with Gasteiger partial charge in [-0.3, -0.25) is 19.7 Å². The lowest BCUT2D eigenvalue weighted by Gasteiger charge is -2.47. The van der Waals surface area contributed by atoms with Gasteiger partial charge in [-0.1, -0.05) is 0 Å². The van der Waals surface area contributed by atoms with Crippen molar-refractivity contribution in [2.75, 3.05) is 23.3 Å². The molecule has 35 heavy (non-hydrogen) atoms. The predicted octanol–water partition coefficient (Wildman–Crippen LogP) is 4.28. The molecule has 182 valence electrons. The fourth-order valence-electron chi connectivity index (χ4n) is 5.48. The van der Waals surface area contributed by atoms with Gasteiger partial charge in [-0.2, -0.15) is 0 Å². The molecule has 2 unspecified atom stereocenters. The quantitative estimate of drug-likeness (QED) is 0.475. The second kappa shape index (κ2) is 8.88. The highest BCUT2D eigenvalue weighted by molar-refractivity contribution is 6.13. The second-order valence-corrected chi connectivity index (χ2v) is 9.67. The third-order valence-electron chi connectivity index (χ3n) is 6.66. The van der Waals surface area contributed by atoms with Gasteiger partial charge in [0.25, 0.3) is 5.91 Å². The highest BCUT2D eigenvalue weighted by atomic mass is 19.1. The highest BCUT2D eigenvalue weighted by Crippen LogP contribution is 2.31. The van der Waals surface area contributed by atoms with Crippen LogP contribution in [0, 0.1) is 12.7 Å². The Morgan fingerprint density at radius 3 is 2.46 bits per heavy atom. The fraction of sp³-hybridized carbons (Fsp3) is 0.385. The van der Waals surface area contributed by atoms with Gasteiger partial charge in [0.15, 0.2) is 11.5 Å². The minimum absolute atomic E-state index is 0.224. The van der Waals surface area contributed by atoms with Crippen molar-refractivity contribution >= 4 is 34.0 Å². The number of aryl methyl sites for hydroxylation is 1. The van der Waals surface area contributed by atoms with Gasteiger partial charge < -0.3 is 14.6 Å². The van der Waals surface area contributed by atoms with Gasteiger partial charge in [-0.25, -0.2) is 9.37 Å². The van der Waals surface area contributed by atoms with Crippen LogP contribution < -0.4 is 10.2 Å². The van der Waals surface area contributed by atoms with Crippen LogP contribution in [0.1, 0.15) is 43.7 Å². The van der Waals surface area contributed by atoms with Crippen molar-refractivity contribution in [3.05, 3.63) is 60.1 Å². The van der Waals surface area contributed by atoms with E-state index < -0.39 is 5.82 Å². The first-order valence-corrected chi connectivity index (χ1v) is 11.9. The third kappa shape index (κ3) is 4.20. The molecule has 0 spiro atoms. The summed E-state index contributed by atoms with van der Waals surface area (Å²) in [6.45, 7) is 12.5. The number of hydrogen-bond acceptors (Lipinski definition) is 6. The molecule has 1 aliphatic heterocycles. The Kier molecular flexibility index (Phi) is 5.88. The molecule has 0 radical (unpaired) electrons. The molecular formula is C26H30FN7O. The molecule has 1 fully saturated rings. The van der Waals surface area contributed by atoms with Crippen LogP contribution in [-0.4, -0.2) is 61.4 Å². The van der Waals surface area contributed by atoms with E-state index in [-0.39, 0.29) is 11.6 Å². The lowest BCUT2D eigenvalue weighted by Crippen LogP contribution is -2.59. The number of carbonyl (C=O) groups is 1. The maximum Gasteiger partial charge on any atom is 0.257 e. The van der Waals surface area contributed by atoms with Crippen molar-refractivity contribution < 1.29 is 9.18 Å². The van der Waals surface area contributed by atoms with Crippen LogP contribution in [0.4, 0.5) is 15.8 Å². The van der Waals surface area contributed by atoms with Crippen LogP contribution >= 0.6 is 0 Å². The van der Waals surface area contributed by atoms with E-state index in [2.05, 4.69) is 57.8 Å². The molecule has 9 heteroatoms. The number of fused-ring (bicyclic) bond motifs is 2. The van der Waals surface area contributed by atoms with Gasteiger partial charge in [0.2, 0.25) is 0 Å². The predicted molar refractivity (Wildman–Crippen MR) is 135 cm³/mol. The number of nitrogens with zero attached hydrogens (tertiary/aromatic N) is 6. The van der Waals surface area contributed by atoms with E-state index in [0.29, 0.717) is 46.1 Å². The number of carbonyl (C=O) groups excluding carboxylic acids is 1. The first-order chi connectivity index (χ1) is 16.7. The zero-order valence-electron chi connectivity index (χ0n) is 20.7. The Morgan fingerprint density at radius 1 is 1.09 bits per heavy atom. The molecule has 5 rings (SSSR count). The lowest BCUT2D eigenvalue weighted by molar-refractivity contribution is 0.0954. The Labute approximate surface area is 203 Å². The minimum Gasteiger partial charge on any atom is -0.367 e. The molecular weight excluding hydrogens is 445 g/mol. The van der Waals surface area contributed by atoms with Crippen LogP contribution in [0.2, 0.25) is 0 Å². The maximum atomic E-state index is 14.5. The smallest absolute Gasteiger partial charge is 0.257 e. The minimum atomic E-state index is -0.500. The molecule has 4 aromatic rings. The van der Waals surface area contributed by atoms with E-state index in [1.165, 1.54) is 6.07 Å². The molecule has 8 nitrogen and oxygen atoms in total. The van der Waals surface area contributed by atoms with Gasteiger partial charge in [-0.05, 0) is 46.8 Å². The van der Waals surface area contributed by atoms with Crippen molar-refractivity contribution in [2.45, 2.75) is 52.7 Å². The first kappa shape index (κ1) is 23.2. The van der Waals surface area contributed by atoms with Gasteiger partial charge in [0, 0.05) is 62.1 Å². The first-order valence-electron chi connectivity index (χ1n) is 11.9. The van der Waals surface area contributed by atoms with Crippen molar-refractivity contribution in [1.29, 1.82) is 0 Å². The number of hydrogen-bond donors (Lipinski definition) is 1. The molecule has 0 saturated carbocycles. The second-order valence-electron chi connectivity index (χ2n) is 9.67. The van der Waals surface area contributed by atoms with E-state index in [9.17, 15) is 9.18 Å². The van der Waals surface area contributed by atoms with E-state index in [4.69, 9.17) is 0 Å². The van der Waals surface area contributed by atoms with Crippen LogP contribution in [0.5, 0.6) is 0 Å². The number of pyridine rings is 1. The van der Waals surface area contributed by atoms with E-state index in [1.807, 2.05) is 6.07 Å². The lowest BCUT2D eigenvalue weighted by atomic mass is 10.0. The zero-order chi connectivity index (χ0) is 24.9. The van der Waals surface area contributed by atoms with Crippen molar-refractivity contribution in [3.63, 3.8) is 0 Å². The number of benzene rings is 1. The highest BCUT2D eigenvalue weighted by Gasteiger charge is 2.32. The van der Waals surface area contributed by atoms with E-state index >= 15 is 0 Å². The summed E-state index contributed by atoms with van der Waals surface area (Å²) in [5.74, 6) is -0.872. The Balaban J connectivity index is 1.47. The number of rotatable bonds is 4. The summed E-state index contributed by atoms with van der Waals surface area (Å²) in [6.07, 6.45) is 6.60. The summed E-state index contributed by atoms with van der Waals surface area (Å²) in [5, 5.41) is 2.81. The van der Waals surface area contributed by atoms with Gasteiger partial charge in [0.05, 0.1) is 22.6 Å². The zero-order valence-corrected chi connectivity index (χ0v) is 20.7. The summed E-state index contributed by atoms with van der Waals surface area (Å²) >= 11 is 0. The molecule has 1 N–H and O–H groups in total. The van der Waals surface area contributed by atoms with Crippen LogP contribution in [-0.2, 0) is 0 Å². The number of anilines is 2. The molecule has 3 aromatic heterocycles. The monoisotopic (exact) mass is 475 g/mol. The molecule has 0 bridgehead atoms. The number of nitrogens with one attached hydrogen (secondary N) is 1. The normalized spacial score (nSPS) is 19.1. The molecule has 4 heterocycles. The van der Waals surface area contributed by atoms with Gasteiger partial charge in [-0.15, -0.1) is 0 Å². The van der Waals surface area contributed by atoms with Crippen LogP contribution in [0.15, 0.2) is 43.0 Å². The largest absolute Gasteiger partial charge is 0.367 e. The fourth-order valence-corrected chi connectivity index (χ4v) is 5.48. The van der Waals surface area contributed by atoms with Gasteiger partial charge >= 0.3 is 0 Å². The standard InChI is InChI=1S/C26H30FN7O/c1-15(2)34-17(4)12-32(13-18(34)5)22-7-6-20(23-24(22)29-9-8-28-23)26(35)31-19-10-21(27)25-30-16(3)11-33(25)14-19/h6-11,14-15,17-18H,12-13H2,1-5H3,(H,31,35). The molecule has 2 atom stereocenters. The van der Waals surface area contributed by atoms with Crippen molar-refractivity contribution in [1.82, 2.24) is 24.3 Å². The number of amides is 1.